The standard InChI is InChI=1S/C8H9N5S/c1-13-3-2-10-8(13)14-7-5-11-6(9)4-12-7/h2-5H,1H3,(H2,9,11). The molecule has 2 N–H and O–H groups in total. The fourth-order valence-corrected chi connectivity index (χ4v) is 1.64. The van der Waals surface area contributed by atoms with Crippen LogP contribution in [0.25, 0.3) is 0 Å². The monoisotopic (exact) mass is 207 g/mol. The lowest BCUT2D eigenvalue weighted by atomic mass is 10.7. The Bertz CT molecular complexity index is 422. The van der Waals surface area contributed by atoms with Crippen molar-refractivity contribution in [2.45, 2.75) is 10.2 Å². The zero-order valence-electron chi connectivity index (χ0n) is 7.58. The molecular weight excluding hydrogens is 198 g/mol. The van der Waals surface area contributed by atoms with E-state index in [-0.39, 0.29) is 0 Å². The third-order valence-electron chi connectivity index (χ3n) is 1.62. The van der Waals surface area contributed by atoms with Crippen molar-refractivity contribution in [1.29, 1.82) is 0 Å². The van der Waals surface area contributed by atoms with Crippen LogP contribution in [0.1, 0.15) is 0 Å². The predicted octanol–water partition coefficient (Wildman–Crippen LogP) is 0.944. The summed E-state index contributed by atoms with van der Waals surface area (Å²) in [5.74, 6) is 0.425. The van der Waals surface area contributed by atoms with Crippen molar-refractivity contribution >= 4 is 17.6 Å². The van der Waals surface area contributed by atoms with E-state index in [1.54, 1.807) is 12.4 Å². The van der Waals surface area contributed by atoms with Crippen LogP contribution in [0.3, 0.4) is 0 Å². The van der Waals surface area contributed by atoms with Gasteiger partial charge in [0.2, 0.25) is 0 Å². The van der Waals surface area contributed by atoms with Crippen molar-refractivity contribution < 1.29 is 0 Å². The molecule has 2 aromatic rings. The highest BCUT2D eigenvalue weighted by Crippen LogP contribution is 2.22. The summed E-state index contributed by atoms with van der Waals surface area (Å²) in [6, 6.07) is 0. The number of nitrogens with two attached hydrogens (primary N) is 1. The molecule has 0 saturated heterocycles. The molecule has 0 spiro atoms. The second-order valence-electron chi connectivity index (χ2n) is 2.70. The Balaban J connectivity index is 2.19. The number of hydrogen-bond acceptors (Lipinski definition) is 5. The lowest BCUT2D eigenvalue weighted by molar-refractivity contribution is 0.788. The zero-order chi connectivity index (χ0) is 9.97. The van der Waals surface area contributed by atoms with Gasteiger partial charge < -0.3 is 10.3 Å². The van der Waals surface area contributed by atoms with Gasteiger partial charge >= 0.3 is 0 Å². The first-order valence-corrected chi connectivity index (χ1v) is 4.80. The van der Waals surface area contributed by atoms with Crippen molar-refractivity contribution in [3.63, 3.8) is 0 Å². The summed E-state index contributed by atoms with van der Waals surface area (Å²) in [5, 5.41) is 1.66. The SMILES string of the molecule is Cn1ccnc1Sc1cnc(N)cn1. The number of aryl methyl sites for hydroxylation is 1. The van der Waals surface area contributed by atoms with Gasteiger partial charge in [-0.3, -0.25) is 0 Å². The summed E-state index contributed by atoms with van der Waals surface area (Å²) in [6.45, 7) is 0. The second-order valence-corrected chi connectivity index (χ2v) is 3.69. The molecule has 0 saturated carbocycles. The molecule has 2 heterocycles. The molecule has 0 radical (unpaired) electrons. The van der Waals surface area contributed by atoms with Crippen molar-refractivity contribution in [2.75, 3.05) is 5.73 Å². The normalized spacial score (nSPS) is 10.4. The molecule has 0 aromatic carbocycles. The summed E-state index contributed by atoms with van der Waals surface area (Å²) < 4.78 is 1.92. The number of rotatable bonds is 2. The Labute approximate surface area is 85.4 Å². The Hall–Kier alpha value is -1.56. The van der Waals surface area contributed by atoms with Gasteiger partial charge in [0.15, 0.2) is 5.16 Å². The maximum Gasteiger partial charge on any atom is 0.174 e. The van der Waals surface area contributed by atoms with E-state index in [9.17, 15) is 0 Å². The molecule has 0 aliphatic heterocycles. The first kappa shape index (κ1) is 9.01. The predicted molar refractivity (Wildman–Crippen MR) is 53.8 cm³/mol. The van der Waals surface area contributed by atoms with Gasteiger partial charge in [-0.1, -0.05) is 0 Å². The van der Waals surface area contributed by atoms with Crippen LogP contribution in [0.2, 0.25) is 0 Å². The van der Waals surface area contributed by atoms with Gasteiger partial charge in [0.25, 0.3) is 0 Å². The highest BCUT2D eigenvalue weighted by molar-refractivity contribution is 7.99. The molecule has 2 rings (SSSR count). The molecule has 0 atom stereocenters. The molecule has 5 nitrogen and oxygen atoms in total. The minimum atomic E-state index is 0.425. The topological polar surface area (TPSA) is 69.6 Å². The maximum absolute atomic E-state index is 5.43. The first-order valence-electron chi connectivity index (χ1n) is 3.98. The van der Waals surface area contributed by atoms with E-state index in [2.05, 4.69) is 15.0 Å². The van der Waals surface area contributed by atoms with Gasteiger partial charge in [0, 0.05) is 19.4 Å². The molecular formula is C8H9N5S. The van der Waals surface area contributed by atoms with Crippen LogP contribution in [-0.2, 0) is 7.05 Å². The van der Waals surface area contributed by atoms with Gasteiger partial charge in [-0.25, -0.2) is 15.0 Å². The van der Waals surface area contributed by atoms with Crippen LogP contribution >= 0.6 is 11.8 Å². The van der Waals surface area contributed by atoms with E-state index in [0.717, 1.165) is 10.2 Å². The third kappa shape index (κ3) is 1.85. The molecule has 0 amide bonds. The lowest BCUT2D eigenvalue weighted by Gasteiger charge is -1.99. The van der Waals surface area contributed by atoms with E-state index in [1.807, 2.05) is 17.8 Å². The Morgan fingerprint density at radius 1 is 1.29 bits per heavy atom. The van der Waals surface area contributed by atoms with Crippen molar-refractivity contribution in [2.24, 2.45) is 7.05 Å². The quantitative estimate of drug-likeness (QED) is 0.793. The fourth-order valence-electron chi connectivity index (χ4n) is 0.923. The molecule has 0 unspecified atom stereocenters. The number of aromatic nitrogens is 4. The fraction of sp³-hybridized carbons (Fsp3) is 0.125. The number of nitrogen functional groups attached to an aromatic ring is 1. The summed E-state index contributed by atoms with van der Waals surface area (Å²) in [6.07, 6.45) is 6.79. The van der Waals surface area contributed by atoms with E-state index < -0.39 is 0 Å². The smallest absolute Gasteiger partial charge is 0.174 e. The summed E-state index contributed by atoms with van der Waals surface area (Å²) in [7, 11) is 1.93. The highest BCUT2D eigenvalue weighted by Gasteiger charge is 2.03. The third-order valence-corrected chi connectivity index (χ3v) is 2.62. The summed E-state index contributed by atoms with van der Waals surface area (Å²) >= 11 is 1.45. The van der Waals surface area contributed by atoms with Crippen LogP contribution in [0.4, 0.5) is 5.82 Å². The van der Waals surface area contributed by atoms with Crippen LogP contribution in [0, 0.1) is 0 Å². The van der Waals surface area contributed by atoms with E-state index in [4.69, 9.17) is 5.73 Å². The number of anilines is 1. The van der Waals surface area contributed by atoms with Gasteiger partial charge in [-0.15, -0.1) is 0 Å². The highest BCUT2D eigenvalue weighted by atomic mass is 32.2. The van der Waals surface area contributed by atoms with Crippen molar-refractivity contribution in [3.05, 3.63) is 24.8 Å². The Kier molecular flexibility index (Phi) is 2.36. The minimum absolute atomic E-state index is 0.425. The van der Waals surface area contributed by atoms with Gasteiger partial charge in [-0.2, -0.15) is 0 Å². The molecule has 0 aliphatic carbocycles. The molecule has 2 aromatic heterocycles. The largest absolute Gasteiger partial charge is 0.382 e. The summed E-state index contributed by atoms with van der Waals surface area (Å²) in [5.41, 5.74) is 5.43. The Morgan fingerprint density at radius 3 is 2.71 bits per heavy atom. The molecule has 0 bridgehead atoms. The maximum atomic E-state index is 5.43. The van der Waals surface area contributed by atoms with E-state index >= 15 is 0 Å². The van der Waals surface area contributed by atoms with Crippen LogP contribution in [0.5, 0.6) is 0 Å². The van der Waals surface area contributed by atoms with Crippen LogP contribution in [-0.4, -0.2) is 19.5 Å². The number of hydrogen-bond donors (Lipinski definition) is 1. The van der Waals surface area contributed by atoms with Crippen molar-refractivity contribution in [3.8, 4) is 0 Å². The minimum Gasteiger partial charge on any atom is -0.382 e. The molecule has 0 fully saturated rings. The zero-order valence-corrected chi connectivity index (χ0v) is 8.40. The molecule has 0 aliphatic rings. The van der Waals surface area contributed by atoms with Gasteiger partial charge in [0.05, 0.1) is 12.4 Å². The average Bonchev–Trinajstić information content (AvgIpc) is 2.56. The lowest BCUT2D eigenvalue weighted by Crippen LogP contribution is -1.93. The van der Waals surface area contributed by atoms with E-state index in [1.165, 1.54) is 18.0 Å². The number of nitrogens with zero attached hydrogens (tertiary/aromatic N) is 4. The van der Waals surface area contributed by atoms with Crippen LogP contribution < -0.4 is 5.73 Å². The first-order chi connectivity index (χ1) is 6.75. The Morgan fingerprint density at radius 2 is 2.14 bits per heavy atom. The summed E-state index contributed by atoms with van der Waals surface area (Å²) in [4.78, 5) is 12.2. The molecule has 14 heavy (non-hydrogen) atoms. The van der Waals surface area contributed by atoms with Gasteiger partial charge in [0.1, 0.15) is 10.8 Å². The van der Waals surface area contributed by atoms with Gasteiger partial charge in [-0.05, 0) is 11.8 Å². The van der Waals surface area contributed by atoms with Crippen molar-refractivity contribution in [1.82, 2.24) is 19.5 Å². The number of imidazole rings is 1. The average molecular weight is 207 g/mol. The van der Waals surface area contributed by atoms with Crippen LogP contribution in [0.15, 0.2) is 35.0 Å². The molecule has 6 heteroatoms. The molecule has 72 valence electrons. The van der Waals surface area contributed by atoms with E-state index in [0.29, 0.717) is 5.82 Å². The second kappa shape index (κ2) is 3.67.